The van der Waals surface area contributed by atoms with Gasteiger partial charge in [0, 0.05) is 18.9 Å². The molecule has 0 bridgehead atoms. The van der Waals surface area contributed by atoms with E-state index in [2.05, 4.69) is 20.9 Å². The normalized spacial score (nSPS) is 10.2. The molecule has 0 saturated heterocycles. The molecule has 1 amide bonds. The summed E-state index contributed by atoms with van der Waals surface area (Å²) in [4.78, 5) is 18.0. The molecule has 0 spiro atoms. The Morgan fingerprint density at radius 2 is 2.06 bits per heavy atom. The molecular weight excluding hydrogens is 292 g/mol. The molecule has 2 rings (SSSR count). The number of rotatable bonds is 2. The van der Waals surface area contributed by atoms with E-state index in [0.29, 0.717) is 10.2 Å². The van der Waals surface area contributed by atoms with Crippen LogP contribution in [0.5, 0.6) is 0 Å². The third-order valence-electron chi connectivity index (χ3n) is 2.68. The van der Waals surface area contributed by atoms with Crippen molar-refractivity contribution in [3.8, 4) is 0 Å². The highest BCUT2D eigenvalue weighted by Crippen LogP contribution is 2.20. The van der Waals surface area contributed by atoms with E-state index in [-0.39, 0.29) is 5.91 Å². The van der Waals surface area contributed by atoms with Gasteiger partial charge in [-0.05, 0) is 52.7 Å². The van der Waals surface area contributed by atoms with Crippen LogP contribution >= 0.6 is 15.9 Å². The van der Waals surface area contributed by atoms with Crippen LogP contribution < -0.4 is 4.90 Å². The van der Waals surface area contributed by atoms with Gasteiger partial charge < -0.3 is 4.90 Å². The number of anilines is 1. The maximum atomic E-state index is 12.3. The summed E-state index contributed by atoms with van der Waals surface area (Å²) in [5, 5.41) is 0. The van der Waals surface area contributed by atoms with Gasteiger partial charge in [0.25, 0.3) is 5.91 Å². The zero-order valence-corrected chi connectivity index (χ0v) is 11.8. The number of halogens is 1. The van der Waals surface area contributed by atoms with Gasteiger partial charge in [-0.25, -0.2) is 4.98 Å². The summed E-state index contributed by atoms with van der Waals surface area (Å²) in [6, 6.07) is 11.3. The molecule has 92 valence electrons. The highest BCUT2D eigenvalue weighted by Gasteiger charge is 2.16. The average Bonchev–Trinajstić information content (AvgIpc) is 2.37. The Morgan fingerprint density at radius 1 is 1.28 bits per heavy atom. The summed E-state index contributed by atoms with van der Waals surface area (Å²) in [6.07, 6.45) is 1.65. The number of pyridine rings is 1. The molecule has 1 heterocycles. The average molecular weight is 305 g/mol. The van der Waals surface area contributed by atoms with Crippen molar-refractivity contribution < 1.29 is 4.79 Å². The largest absolute Gasteiger partial charge is 0.311 e. The molecule has 0 fully saturated rings. The fraction of sp³-hybridized carbons (Fsp3) is 0.143. The molecule has 0 saturated carbocycles. The molecule has 0 atom stereocenters. The predicted molar refractivity (Wildman–Crippen MR) is 75.8 cm³/mol. The second-order valence-electron chi connectivity index (χ2n) is 4.04. The molecular formula is C14H13BrN2O. The smallest absolute Gasteiger partial charge is 0.260 e. The molecule has 2 aromatic rings. The first-order valence-electron chi connectivity index (χ1n) is 5.55. The summed E-state index contributed by atoms with van der Waals surface area (Å²) < 4.78 is 0.564. The Morgan fingerprint density at radius 3 is 2.72 bits per heavy atom. The van der Waals surface area contributed by atoms with Crippen molar-refractivity contribution in [2.75, 3.05) is 11.9 Å². The molecule has 3 nitrogen and oxygen atoms in total. The third kappa shape index (κ3) is 2.59. The van der Waals surface area contributed by atoms with Gasteiger partial charge in [-0.1, -0.05) is 12.1 Å². The minimum absolute atomic E-state index is 0.0828. The maximum Gasteiger partial charge on any atom is 0.260 e. The lowest BCUT2D eigenvalue weighted by atomic mass is 10.2. The minimum atomic E-state index is -0.0828. The Kier molecular flexibility index (Phi) is 3.77. The molecule has 4 heteroatoms. The van der Waals surface area contributed by atoms with Gasteiger partial charge >= 0.3 is 0 Å². The number of carbonyl (C=O) groups excluding carboxylic acids is 1. The second kappa shape index (κ2) is 5.31. The number of aryl methyl sites for hydroxylation is 1. The highest BCUT2D eigenvalue weighted by molar-refractivity contribution is 9.10. The molecule has 0 unspecified atom stereocenters. The SMILES string of the molecule is Cc1cccc(N(C)C(=O)c2cccnc2Br)c1. The lowest BCUT2D eigenvalue weighted by Crippen LogP contribution is -2.26. The van der Waals surface area contributed by atoms with Gasteiger partial charge in [0.1, 0.15) is 4.60 Å². The van der Waals surface area contributed by atoms with Crippen molar-refractivity contribution in [1.29, 1.82) is 0 Å². The Bertz CT molecular complexity index is 584. The van der Waals surface area contributed by atoms with E-state index >= 15 is 0 Å². The molecule has 0 aliphatic rings. The van der Waals surface area contributed by atoms with Gasteiger partial charge in [0.05, 0.1) is 5.56 Å². The monoisotopic (exact) mass is 304 g/mol. The van der Waals surface area contributed by atoms with Crippen LogP contribution in [0.15, 0.2) is 47.2 Å². The zero-order chi connectivity index (χ0) is 13.1. The van der Waals surface area contributed by atoms with Crippen LogP contribution in [0.2, 0.25) is 0 Å². The van der Waals surface area contributed by atoms with E-state index in [9.17, 15) is 4.79 Å². The van der Waals surface area contributed by atoms with Gasteiger partial charge in [-0.15, -0.1) is 0 Å². The van der Waals surface area contributed by atoms with Crippen molar-refractivity contribution in [2.24, 2.45) is 0 Å². The van der Waals surface area contributed by atoms with E-state index in [4.69, 9.17) is 0 Å². The van der Waals surface area contributed by atoms with Crippen LogP contribution in [0, 0.1) is 6.92 Å². The van der Waals surface area contributed by atoms with Crippen molar-refractivity contribution in [2.45, 2.75) is 6.92 Å². The maximum absolute atomic E-state index is 12.3. The standard InChI is InChI=1S/C14H13BrN2O/c1-10-5-3-6-11(9-10)17(2)14(18)12-7-4-8-16-13(12)15/h3-9H,1-2H3. The van der Waals surface area contributed by atoms with E-state index < -0.39 is 0 Å². The van der Waals surface area contributed by atoms with Gasteiger partial charge in [-0.3, -0.25) is 4.79 Å². The fourth-order valence-electron chi connectivity index (χ4n) is 1.68. The van der Waals surface area contributed by atoms with E-state index in [1.165, 1.54) is 0 Å². The van der Waals surface area contributed by atoms with Crippen molar-refractivity contribution in [1.82, 2.24) is 4.98 Å². The zero-order valence-electron chi connectivity index (χ0n) is 10.2. The number of amides is 1. The topological polar surface area (TPSA) is 33.2 Å². The minimum Gasteiger partial charge on any atom is -0.311 e. The summed E-state index contributed by atoms with van der Waals surface area (Å²) in [7, 11) is 1.76. The first-order chi connectivity index (χ1) is 8.59. The quantitative estimate of drug-likeness (QED) is 0.796. The number of hydrogen-bond donors (Lipinski definition) is 0. The summed E-state index contributed by atoms with van der Waals surface area (Å²) in [6.45, 7) is 2.00. The number of aromatic nitrogens is 1. The van der Waals surface area contributed by atoms with Crippen LogP contribution in [0.25, 0.3) is 0 Å². The summed E-state index contributed by atoms with van der Waals surface area (Å²) in [5.74, 6) is -0.0828. The van der Waals surface area contributed by atoms with Crippen LogP contribution in [-0.2, 0) is 0 Å². The van der Waals surface area contributed by atoms with Crippen LogP contribution in [0.1, 0.15) is 15.9 Å². The van der Waals surface area contributed by atoms with E-state index in [1.807, 2.05) is 31.2 Å². The van der Waals surface area contributed by atoms with Crippen molar-refractivity contribution >= 4 is 27.5 Å². The lowest BCUT2D eigenvalue weighted by molar-refractivity contribution is 0.0992. The highest BCUT2D eigenvalue weighted by atomic mass is 79.9. The van der Waals surface area contributed by atoms with Crippen LogP contribution in [-0.4, -0.2) is 17.9 Å². The predicted octanol–water partition coefficient (Wildman–Crippen LogP) is 3.43. The lowest BCUT2D eigenvalue weighted by Gasteiger charge is -2.18. The van der Waals surface area contributed by atoms with Crippen molar-refractivity contribution in [3.63, 3.8) is 0 Å². The molecule has 0 aliphatic heterocycles. The van der Waals surface area contributed by atoms with Gasteiger partial charge in [0.15, 0.2) is 0 Å². The number of benzene rings is 1. The Balaban J connectivity index is 2.32. The molecule has 0 N–H and O–H groups in total. The van der Waals surface area contributed by atoms with Crippen LogP contribution in [0.3, 0.4) is 0 Å². The van der Waals surface area contributed by atoms with Gasteiger partial charge in [0.2, 0.25) is 0 Å². The first kappa shape index (κ1) is 12.8. The number of nitrogens with zero attached hydrogens (tertiary/aromatic N) is 2. The summed E-state index contributed by atoms with van der Waals surface area (Å²) in [5.41, 5.74) is 2.55. The summed E-state index contributed by atoms with van der Waals surface area (Å²) >= 11 is 3.29. The number of carbonyl (C=O) groups is 1. The fourth-order valence-corrected chi connectivity index (χ4v) is 2.10. The molecule has 0 aliphatic carbocycles. The molecule has 0 radical (unpaired) electrons. The van der Waals surface area contributed by atoms with E-state index in [1.54, 1.807) is 30.3 Å². The van der Waals surface area contributed by atoms with Crippen LogP contribution in [0.4, 0.5) is 5.69 Å². The molecule has 18 heavy (non-hydrogen) atoms. The van der Waals surface area contributed by atoms with Crippen molar-refractivity contribution in [3.05, 3.63) is 58.3 Å². The second-order valence-corrected chi connectivity index (χ2v) is 4.80. The number of hydrogen-bond acceptors (Lipinski definition) is 2. The molecule has 1 aromatic heterocycles. The van der Waals surface area contributed by atoms with E-state index in [0.717, 1.165) is 11.3 Å². The Labute approximate surface area is 115 Å². The van der Waals surface area contributed by atoms with Gasteiger partial charge in [-0.2, -0.15) is 0 Å². The Hall–Kier alpha value is -1.68. The molecule has 1 aromatic carbocycles. The third-order valence-corrected chi connectivity index (χ3v) is 3.32. The first-order valence-corrected chi connectivity index (χ1v) is 6.34.